The summed E-state index contributed by atoms with van der Waals surface area (Å²) in [6, 6.07) is 11.9. The lowest BCUT2D eigenvalue weighted by atomic mass is 9.77. The van der Waals surface area contributed by atoms with Crippen LogP contribution in [-0.4, -0.2) is 112 Å². The molecule has 5 aliphatic rings. The number of rotatable bonds is 11. The van der Waals surface area contributed by atoms with Gasteiger partial charge in [0.05, 0.1) is 49.6 Å². The van der Waals surface area contributed by atoms with Crippen LogP contribution in [-0.2, 0) is 32.5 Å². The van der Waals surface area contributed by atoms with Crippen LogP contribution < -0.4 is 16.0 Å². The number of benzene rings is 2. The number of aryl methyl sites for hydroxylation is 1. The van der Waals surface area contributed by atoms with Gasteiger partial charge in [0.15, 0.2) is 0 Å². The van der Waals surface area contributed by atoms with Crippen molar-refractivity contribution in [3.05, 3.63) is 65.1 Å². The lowest BCUT2D eigenvalue weighted by Crippen LogP contribution is -2.55. The number of hydrogen-bond donors (Lipinski definition) is 4. The predicted molar refractivity (Wildman–Crippen MR) is 240 cm³/mol. The highest BCUT2D eigenvalue weighted by atomic mass is 16.5. The standard InChI is InChI=1S/C48H61N9O6/c1-25(2)40(53-47(60)62-6)45(58)56-18-8-10-37(56)43-49-23-34(51-43)28-14-16-31-30(20-28)22-32(27-12-13-27)39-33-21-29(15-17-36(33)55(5)42(31)39)35-24-50-44(52-35)38-11-9-19-57(38)46(59)41(26(3)4)54-48(61)63-7/h14-17,20-21,24-27,32,37-38,40-41,43,49H,8-13,18-19,22-23H2,1-7H3,(H,50,52)(H,53,60)(H,54,61). The van der Waals surface area contributed by atoms with Gasteiger partial charge in [-0.25, -0.2) is 14.6 Å². The number of alkyl carbamates (subject to hydrolysis) is 2. The summed E-state index contributed by atoms with van der Waals surface area (Å²) in [5, 5.41) is 10.4. The smallest absolute Gasteiger partial charge is 0.407 e. The Morgan fingerprint density at radius 3 is 2.17 bits per heavy atom. The summed E-state index contributed by atoms with van der Waals surface area (Å²) < 4.78 is 12.0. The van der Waals surface area contributed by atoms with Crippen molar-refractivity contribution in [1.29, 1.82) is 0 Å². The molecule has 0 radical (unpaired) electrons. The molecule has 5 heterocycles. The molecule has 2 aliphatic carbocycles. The number of hydrogen-bond acceptors (Lipinski definition) is 9. The topological polar surface area (TPSA) is 175 Å². The molecule has 4 aromatic rings. The van der Waals surface area contributed by atoms with E-state index in [1.165, 1.54) is 60.3 Å². The second-order valence-electron chi connectivity index (χ2n) is 18.8. The van der Waals surface area contributed by atoms with Crippen LogP contribution in [0.2, 0.25) is 0 Å². The first-order valence-corrected chi connectivity index (χ1v) is 22.8. The molecule has 9 rings (SSSR count). The Morgan fingerprint density at radius 1 is 0.825 bits per heavy atom. The fraction of sp³-hybridized carbons (Fsp3) is 0.542. The number of fused-ring (bicyclic) bond motifs is 5. The molecule has 0 spiro atoms. The SMILES string of the molecule is COC(=O)NC(C(=O)N1CCCC1c1ncc(-c2ccc3c(c2)c2c(n3C)-c3ccc(C4=NC(C5CCCN5C(=O)C(NC(=O)OC)C(C)C)NC4)cc3CC2C2CC2)[nH]1)C(C)C. The van der Waals surface area contributed by atoms with Gasteiger partial charge in [0.2, 0.25) is 11.8 Å². The van der Waals surface area contributed by atoms with Crippen molar-refractivity contribution in [1.82, 2.24) is 40.3 Å². The minimum Gasteiger partial charge on any atom is -0.453 e. The molecule has 63 heavy (non-hydrogen) atoms. The predicted octanol–water partition coefficient (Wildman–Crippen LogP) is 6.42. The molecule has 4 N–H and O–H groups in total. The van der Waals surface area contributed by atoms with E-state index in [4.69, 9.17) is 19.5 Å². The Hall–Kier alpha value is -5.70. The Bertz CT molecular complexity index is 2470. The van der Waals surface area contributed by atoms with Crippen LogP contribution in [0.5, 0.6) is 0 Å². The van der Waals surface area contributed by atoms with Crippen molar-refractivity contribution in [2.75, 3.05) is 33.9 Å². The summed E-state index contributed by atoms with van der Waals surface area (Å²) in [5.74, 6) is 1.37. The number of amides is 4. The average Bonchev–Trinajstić information content (AvgIpc) is 3.83. The fourth-order valence-corrected chi connectivity index (χ4v) is 10.7. The number of likely N-dealkylation sites (tertiary alicyclic amines) is 2. The van der Waals surface area contributed by atoms with E-state index in [2.05, 4.69) is 68.9 Å². The second kappa shape index (κ2) is 17.1. The highest BCUT2D eigenvalue weighted by Crippen LogP contribution is 2.54. The number of carbonyl (C=O) groups excluding carboxylic acids is 4. The number of aliphatic imine (C=N–C) groups is 1. The van der Waals surface area contributed by atoms with Crippen molar-refractivity contribution in [3.63, 3.8) is 0 Å². The fourth-order valence-electron chi connectivity index (χ4n) is 10.7. The maximum absolute atomic E-state index is 13.8. The molecule has 3 fully saturated rings. The molecular weight excluding hydrogens is 799 g/mol. The van der Waals surface area contributed by atoms with Crippen molar-refractivity contribution in [3.8, 4) is 22.5 Å². The van der Waals surface area contributed by atoms with Gasteiger partial charge in [0, 0.05) is 48.7 Å². The Balaban J connectivity index is 0.976. The van der Waals surface area contributed by atoms with Crippen molar-refractivity contribution >= 4 is 40.6 Å². The molecular formula is C48H61N9O6. The third-order valence-electron chi connectivity index (χ3n) is 14.2. The quantitative estimate of drug-likeness (QED) is 0.134. The summed E-state index contributed by atoms with van der Waals surface area (Å²) >= 11 is 0. The van der Waals surface area contributed by atoms with Crippen LogP contribution >= 0.6 is 0 Å². The number of H-pyrrole nitrogens is 1. The van der Waals surface area contributed by atoms with Crippen LogP contribution in [0.4, 0.5) is 9.59 Å². The van der Waals surface area contributed by atoms with Gasteiger partial charge in [-0.15, -0.1) is 0 Å². The highest BCUT2D eigenvalue weighted by Gasteiger charge is 2.43. The van der Waals surface area contributed by atoms with Crippen molar-refractivity contribution in [2.45, 2.75) is 109 Å². The molecule has 2 aromatic heterocycles. The Labute approximate surface area is 368 Å². The first-order valence-electron chi connectivity index (χ1n) is 22.8. The van der Waals surface area contributed by atoms with Gasteiger partial charge in [-0.05, 0) is 104 Å². The van der Waals surface area contributed by atoms with Gasteiger partial charge >= 0.3 is 12.2 Å². The Kier molecular flexibility index (Phi) is 11.6. The first-order chi connectivity index (χ1) is 30.4. The average molecular weight is 860 g/mol. The largest absolute Gasteiger partial charge is 0.453 e. The number of imidazole rings is 1. The number of aromatic nitrogens is 3. The van der Waals surface area contributed by atoms with E-state index in [-0.39, 0.29) is 41.9 Å². The minimum absolute atomic E-state index is 0.0889. The summed E-state index contributed by atoms with van der Waals surface area (Å²) in [7, 11) is 4.80. The molecule has 15 heteroatoms. The number of ether oxygens (including phenoxy) is 2. The van der Waals surface area contributed by atoms with E-state index in [0.29, 0.717) is 31.5 Å². The van der Waals surface area contributed by atoms with Crippen LogP contribution in [0, 0.1) is 17.8 Å². The molecule has 1 saturated carbocycles. The van der Waals surface area contributed by atoms with Gasteiger partial charge in [-0.3, -0.25) is 19.9 Å². The molecule has 6 atom stereocenters. The third-order valence-corrected chi connectivity index (χ3v) is 14.2. The highest BCUT2D eigenvalue weighted by molar-refractivity contribution is 6.04. The second-order valence-corrected chi connectivity index (χ2v) is 18.8. The van der Waals surface area contributed by atoms with E-state index >= 15 is 0 Å². The van der Waals surface area contributed by atoms with Crippen LogP contribution in [0.25, 0.3) is 33.4 Å². The number of nitrogens with one attached hydrogen (secondary N) is 4. The summed E-state index contributed by atoms with van der Waals surface area (Å²) in [6.45, 7) is 9.57. The lowest BCUT2D eigenvalue weighted by Gasteiger charge is -2.32. The van der Waals surface area contributed by atoms with Gasteiger partial charge < -0.3 is 39.5 Å². The number of methoxy groups -OCH3 is 2. The van der Waals surface area contributed by atoms with E-state index in [1.807, 2.05) is 43.7 Å². The maximum Gasteiger partial charge on any atom is 0.407 e. The molecule has 334 valence electrons. The summed E-state index contributed by atoms with van der Waals surface area (Å²) in [4.78, 5) is 69.2. The van der Waals surface area contributed by atoms with E-state index < -0.39 is 24.3 Å². The van der Waals surface area contributed by atoms with E-state index in [1.54, 1.807) is 0 Å². The molecule has 0 bridgehead atoms. The van der Waals surface area contributed by atoms with Gasteiger partial charge in [0.25, 0.3) is 0 Å². The number of nitrogens with zero attached hydrogens (tertiary/aromatic N) is 5. The third kappa shape index (κ3) is 7.86. The Morgan fingerprint density at radius 2 is 1.49 bits per heavy atom. The molecule has 3 aliphatic heterocycles. The van der Waals surface area contributed by atoms with E-state index in [0.717, 1.165) is 60.5 Å². The first kappa shape index (κ1) is 42.6. The minimum atomic E-state index is -0.689. The van der Waals surface area contributed by atoms with Crippen molar-refractivity contribution < 1.29 is 28.7 Å². The zero-order valence-corrected chi connectivity index (χ0v) is 37.5. The van der Waals surface area contributed by atoms with E-state index in [9.17, 15) is 19.2 Å². The van der Waals surface area contributed by atoms with Gasteiger partial charge in [0.1, 0.15) is 24.1 Å². The van der Waals surface area contributed by atoms with Gasteiger partial charge in [-0.1, -0.05) is 45.9 Å². The van der Waals surface area contributed by atoms with Crippen LogP contribution in [0.3, 0.4) is 0 Å². The molecule has 4 amide bonds. The van der Waals surface area contributed by atoms with Gasteiger partial charge in [-0.2, -0.15) is 0 Å². The molecule has 15 nitrogen and oxygen atoms in total. The zero-order valence-electron chi connectivity index (χ0n) is 37.5. The van der Waals surface area contributed by atoms with Crippen LogP contribution in [0.1, 0.15) is 101 Å². The monoisotopic (exact) mass is 859 g/mol. The maximum atomic E-state index is 13.8. The molecule has 2 aromatic carbocycles. The van der Waals surface area contributed by atoms with Crippen molar-refractivity contribution in [2.24, 2.45) is 29.8 Å². The number of aromatic amines is 1. The van der Waals surface area contributed by atoms with Crippen LogP contribution in [0.15, 0.2) is 47.6 Å². The molecule has 6 unspecified atom stereocenters. The normalized spacial score (nSPS) is 22.8. The zero-order chi connectivity index (χ0) is 44.3. The lowest BCUT2D eigenvalue weighted by molar-refractivity contribution is -0.136. The number of carbonyl (C=O) groups is 4. The summed E-state index contributed by atoms with van der Waals surface area (Å²) in [5.41, 5.74) is 10.6. The summed E-state index contributed by atoms with van der Waals surface area (Å²) in [6.07, 6.45) is 7.24. The molecule has 2 saturated heterocycles.